The van der Waals surface area contributed by atoms with Crippen molar-refractivity contribution >= 4 is 23.3 Å². The summed E-state index contributed by atoms with van der Waals surface area (Å²) >= 11 is 6.40. The molecule has 0 fully saturated rings. The average molecular weight is 564 g/mol. The summed E-state index contributed by atoms with van der Waals surface area (Å²) < 4.78 is 59.9. The molecule has 0 spiro atoms. The van der Waals surface area contributed by atoms with E-state index in [0.29, 0.717) is 34.3 Å². The van der Waals surface area contributed by atoms with Gasteiger partial charge in [0.05, 0.1) is 29.9 Å². The van der Waals surface area contributed by atoms with Crippen LogP contribution < -0.4 is 4.90 Å². The number of hydrogen-bond donors (Lipinski definition) is 0. The maximum atomic E-state index is 15.3. The number of rotatable bonds is 6. The fourth-order valence-corrected chi connectivity index (χ4v) is 4.88. The van der Waals surface area contributed by atoms with E-state index in [1.54, 1.807) is 41.5 Å². The Kier molecular flexibility index (Phi) is 6.78. The van der Waals surface area contributed by atoms with Crippen LogP contribution in [0.1, 0.15) is 57.5 Å². The second kappa shape index (κ2) is 9.82. The lowest BCUT2D eigenvalue weighted by Gasteiger charge is -2.27. The summed E-state index contributed by atoms with van der Waals surface area (Å²) in [5, 5.41) is 9.40. The molecule has 8 nitrogen and oxygen atoms in total. The van der Waals surface area contributed by atoms with Gasteiger partial charge < -0.3 is 4.57 Å². The van der Waals surface area contributed by atoms with Crippen molar-refractivity contribution in [1.29, 1.82) is 0 Å². The Morgan fingerprint density at radius 2 is 1.85 bits per heavy atom. The zero-order valence-electron chi connectivity index (χ0n) is 21.7. The molecule has 5 rings (SSSR count). The molecule has 0 bridgehead atoms. The normalized spacial score (nSPS) is 14.1. The molecule has 1 aliphatic heterocycles. The van der Waals surface area contributed by atoms with Gasteiger partial charge in [0.1, 0.15) is 28.8 Å². The molecule has 4 heterocycles. The van der Waals surface area contributed by atoms with Crippen molar-refractivity contribution in [3.05, 3.63) is 58.8 Å². The fraction of sp³-hybridized carbons (Fsp3) is 0.385. The van der Waals surface area contributed by atoms with Crippen LogP contribution in [0.5, 0.6) is 0 Å². The Morgan fingerprint density at radius 3 is 2.49 bits per heavy atom. The molecule has 4 aromatic rings. The van der Waals surface area contributed by atoms with Gasteiger partial charge in [-0.05, 0) is 45.4 Å². The summed E-state index contributed by atoms with van der Waals surface area (Å²) in [4.78, 5) is 18.1. The number of anilines is 1. The molecule has 13 heteroatoms. The van der Waals surface area contributed by atoms with Crippen LogP contribution >= 0.6 is 11.6 Å². The molecule has 39 heavy (non-hydrogen) atoms. The van der Waals surface area contributed by atoms with Crippen LogP contribution in [0.25, 0.3) is 22.8 Å². The highest BCUT2D eigenvalue weighted by atomic mass is 35.5. The third-order valence-electron chi connectivity index (χ3n) is 6.55. The van der Waals surface area contributed by atoms with E-state index in [-0.39, 0.29) is 42.3 Å². The Balaban J connectivity index is 1.47. The van der Waals surface area contributed by atoms with Gasteiger partial charge in [0.2, 0.25) is 5.91 Å². The number of aryl methyl sites for hydroxylation is 1. The van der Waals surface area contributed by atoms with E-state index < -0.39 is 17.7 Å². The Labute approximate surface area is 226 Å². The summed E-state index contributed by atoms with van der Waals surface area (Å²) in [5.74, 6) is -0.479. The van der Waals surface area contributed by atoms with Gasteiger partial charge in [-0.1, -0.05) is 17.7 Å². The van der Waals surface area contributed by atoms with E-state index in [1.165, 1.54) is 21.6 Å². The summed E-state index contributed by atoms with van der Waals surface area (Å²) in [6.07, 6.45) is -2.02. The largest absolute Gasteiger partial charge is 0.434 e. The van der Waals surface area contributed by atoms with Gasteiger partial charge in [-0.3, -0.25) is 14.4 Å². The highest BCUT2D eigenvalue weighted by molar-refractivity contribution is 6.33. The number of benzene rings is 1. The predicted molar refractivity (Wildman–Crippen MR) is 138 cm³/mol. The maximum absolute atomic E-state index is 15.3. The lowest BCUT2D eigenvalue weighted by Crippen LogP contribution is -2.36. The molecular formula is C26H26ClF4N7O. The van der Waals surface area contributed by atoms with Gasteiger partial charge in [0, 0.05) is 30.8 Å². The molecule has 1 amide bonds. The van der Waals surface area contributed by atoms with Crippen LogP contribution in [0.4, 0.5) is 23.4 Å². The number of aromatic nitrogens is 6. The van der Waals surface area contributed by atoms with Gasteiger partial charge in [-0.15, -0.1) is 0 Å². The van der Waals surface area contributed by atoms with E-state index in [9.17, 15) is 18.0 Å². The van der Waals surface area contributed by atoms with E-state index in [4.69, 9.17) is 11.6 Å². The molecule has 1 aromatic carbocycles. The summed E-state index contributed by atoms with van der Waals surface area (Å²) in [5.41, 5.74) is 0.511. The number of alkyl halides is 3. The molecule has 3 aromatic heterocycles. The molecule has 0 aliphatic carbocycles. The predicted octanol–water partition coefficient (Wildman–Crippen LogP) is 6.52. The van der Waals surface area contributed by atoms with Crippen molar-refractivity contribution in [3.63, 3.8) is 0 Å². The van der Waals surface area contributed by atoms with E-state index in [1.807, 2.05) is 13.8 Å². The monoisotopic (exact) mass is 563 g/mol. The van der Waals surface area contributed by atoms with Crippen molar-refractivity contribution < 1.29 is 22.4 Å². The third-order valence-corrected chi connectivity index (χ3v) is 6.83. The average Bonchev–Trinajstić information content (AvgIpc) is 3.57. The lowest BCUT2D eigenvalue weighted by molar-refractivity contribution is -0.141. The molecule has 0 saturated carbocycles. The minimum Gasteiger partial charge on any atom is -0.328 e. The zero-order chi connectivity index (χ0) is 28.2. The zero-order valence-corrected chi connectivity index (χ0v) is 22.4. The molecular weight excluding hydrogens is 538 g/mol. The van der Waals surface area contributed by atoms with Crippen LogP contribution in [0.3, 0.4) is 0 Å². The van der Waals surface area contributed by atoms with Crippen LogP contribution in [0.15, 0.2) is 36.7 Å². The van der Waals surface area contributed by atoms with Gasteiger partial charge in [0.25, 0.3) is 0 Å². The number of carbonyl (C=O) groups is 1. The minimum absolute atomic E-state index is 0.0314. The molecule has 0 saturated heterocycles. The number of imidazole rings is 1. The number of fused-ring (bicyclic) bond motifs is 1. The summed E-state index contributed by atoms with van der Waals surface area (Å²) in [6, 6.07) is 5.61. The van der Waals surface area contributed by atoms with E-state index in [2.05, 4.69) is 15.2 Å². The van der Waals surface area contributed by atoms with Crippen LogP contribution in [-0.4, -0.2) is 35.0 Å². The molecule has 0 unspecified atom stereocenters. The molecule has 206 valence electrons. The van der Waals surface area contributed by atoms with Crippen molar-refractivity contribution in [1.82, 2.24) is 29.1 Å². The molecule has 0 N–H and O–H groups in total. The highest BCUT2D eigenvalue weighted by Gasteiger charge is 2.36. The number of hydrogen-bond acceptors (Lipinski definition) is 4. The second-order valence-electron chi connectivity index (χ2n) is 9.98. The Bertz CT molecular complexity index is 1550. The second-order valence-corrected chi connectivity index (χ2v) is 10.4. The summed E-state index contributed by atoms with van der Waals surface area (Å²) in [6.45, 7) is 7.74. The minimum atomic E-state index is -4.65. The number of nitrogens with zero attached hydrogens (tertiary/aromatic N) is 7. The molecule has 1 aliphatic rings. The van der Waals surface area contributed by atoms with Crippen molar-refractivity contribution in [2.75, 3.05) is 4.90 Å². The SMILES string of the molecule is CC(C)n1cc(C(F)(F)F)nc1-c1ccc(CN2C(=O)CCn3nc(-c4c(Cl)cnn4C(C)C)cc32)cc1F. The van der Waals surface area contributed by atoms with Crippen LogP contribution in [0, 0.1) is 5.82 Å². The van der Waals surface area contributed by atoms with Crippen molar-refractivity contribution in [3.8, 4) is 22.8 Å². The first-order valence-corrected chi connectivity index (χ1v) is 12.8. The van der Waals surface area contributed by atoms with E-state index in [0.717, 1.165) is 6.20 Å². The van der Waals surface area contributed by atoms with Crippen LogP contribution in [-0.2, 0) is 24.1 Å². The first-order chi connectivity index (χ1) is 18.3. The molecule has 0 atom stereocenters. The fourth-order valence-electron chi connectivity index (χ4n) is 4.65. The first kappa shape index (κ1) is 26.9. The highest BCUT2D eigenvalue weighted by Crippen LogP contribution is 2.36. The Morgan fingerprint density at radius 1 is 1.10 bits per heavy atom. The van der Waals surface area contributed by atoms with E-state index >= 15 is 4.39 Å². The smallest absolute Gasteiger partial charge is 0.328 e. The van der Waals surface area contributed by atoms with Gasteiger partial charge in [-0.2, -0.15) is 23.4 Å². The maximum Gasteiger partial charge on any atom is 0.434 e. The third kappa shape index (κ3) is 4.93. The Hall–Kier alpha value is -3.67. The van der Waals surface area contributed by atoms with Gasteiger partial charge in [0.15, 0.2) is 5.69 Å². The number of halogens is 5. The number of carbonyl (C=O) groups excluding carboxylic acids is 1. The quantitative estimate of drug-likeness (QED) is 0.250. The van der Waals surface area contributed by atoms with Gasteiger partial charge >= 0.3 is 6.18 Å². The lowest BCUT2D eigenvalue weighted by atomic mass is 10.1. The molecule has 0 radical (unpaired) electrons. The summed E-state index contributed by atoms with van der Waals surface area (Å²) in [7, 11) is 0. The standard InChI is InChI=1S/C26H26ClF4N7O/c1-14(2)35-13-21(26(29,30)31)33-25(35)17-6-5-16(9-19(17)28)12-36-22-10-20(34-37(22)8-7-23(36)39)24-18(27)11-32-38(24)15(3)4/h5-6,9-11,13-15H,7-8,12H2,1-4H3. The first-order valence-electron chi connectivity index (χ1n) is 12.4. The topological polar surface area (TPSA) is 73.8 Å². The van der Waals surface area contributed by atoms with Crippen LogP contribution in [0.2, 0.25) is 5.02 Å². The number of amides is 1. The van der Waals surface area contributed by atoms with Gasteiger partial charge in [-0.25, -0.2) is 14.1 Å². The van der Waals surface area contributed by atoms with Crippen molar-refractivity contribution in [2.24, 2.45) is 0 Å². The van der Waals surface area contributed by atoms with Crippen molar-refractivity contribution in [2.45, 2.75) is 65.5 Å².